The monoisotopic (exact) mass is 423 g/mol. The predicted octanol–water partition coefficient (Wildman–Crippen LogP) is 3.21. The predicted molar refractivity (Wildman–Crippen MR) is 120 cm³/mol. The highest BCUT2D eigenvalue weighted by atomic mass is 16.5. The number of nitrogens with zero attached hydrogens (tertiary/aromatic N) is 2. The van der Waals surface area contributed by atoms with Crippen molar-refractivity contribution in [3.05, 3.63) is 53.1 Å². The number of aryl methyl sites for hydroxylation is 3. The number of para-hydroxylation sites is 2. The second-order valence-electron chi connectivity index (χ2n) is 8.15. The van der Waals surface area contributed by atoms with Gasteiger partial charge in [0.2, 0.25) is 11.8 Å². The van der Waals surface area contributed by atoms with E-state index in [2.05, 4.69) is 5.32 Å². The van der Waals surface area contributed by atoms with Crippen molar-refractivity contribution >= 4 is 29.1 Å². The summed E-state index contributed by atoms with van der Waals surface area (Å²) >= 11 is 0. The van der Waals surface area contributed by atoms with Crippen molar-refractivity contribution in [2.24, 2.45) is 0 Å². The molecule has 0 spiro atoms. The van der Waals surface area contributed by atoms with Crippen LogP contribution in [0.15, 0.2) is 36.4 Å². The van der Waals surface area contributed by atoms with Crippen molar-refractivity contribution in [1.29, 1.82) is 0 Å². The number of anilines is 2. The molecule has 1 atom stereocenters. The summed E-state index contributed by atoms with van der Waals surface area (Å²) in [5, 5.41) is 2.83. The van der Waals surface area contributed by atoms with E-state index in [4.69, 9.17) is 4.74 Å². The first-order valence-corrected chi connectivity index (χ1v) is 10.3. The zero-order valence-corrected chi connectivity index (χ0v) is 18.7. The SMILES string of the molecule is Cc1cc(C)c(OCC(=O)N(C)CC(=O)N2c3ccccc3NC(=O)C[C@H]2C)c(C)c1. The summed E-state index contributed by atoms with van der Waals surface area (Å²) in [5.74, 6) is 0.00272. The molecule has 1 aliphatic rings. The topological polar surface area (TPSA) is 79.0 Å². The van der Waals surface area contributed by atoms with E-state index < -0.39 is 0 Å². The van der Waals surface area contributed by atoms with Gasteiger partial charge >= 0.3 is 0 Å². The van der Waals surface area contributed by atoms with E-state index in [0.29, 0.717) is 17.1 Å². The lowest BCUT2D eigenvalue weighted by atomic mass is 10.1. The molecule has 0 aromatic heterocycles. The number of hydrogen-bond acceptors (Lipinski definition) is 4. The lowest BCUT2D eigenvalue weighted by Gasteiger charge is -2.29. The minimum absolute atomic E-state index is 0.110. The molecule has 0 saturated heterocycles. The number of carbonyl (C=O) groups excluding carboxylic acids is 3. The molecular formula is C24H29N3O4. The van der Waals surface area contributed by atoms with Crippen LogP contribution in [-0.4, -0.2) is 48.9 Å². The molecule has 1 N–H and O–H groups in total. The third-order valence-electron chi connectivity index (χ3n) is 5.37. The standard InChI is InChI=1S/C24H29N3O4/c1-15-10-16(2)24(17(3)11-15)31-14-23(30)26(5)13-22(29)27-18(4)12-21(28)25-19-8-6-7-9-20(19)27/h6-11,18H,12-14H2,1-5H3,(H,25,28)/t18-/m1/s1. The van der Waals surface area contributed by atoms with Crippen molar-refractivity contribution in [3.8, 4) is 5.75 Å². The number of nitrogens with one attached hydrogen (secondary N) is 1. The van der Waals surface area contributed by atoms with Crippen LogP contribution < -0.4 is 15.0 Å². The van der Waals surface area contributed by atoms with E-state index in [1.165, 1.54) is 4.90 Å². The van der Waals surface area contributed by atoms with Gasteiger partial charge in [-0.2, -0.15) is 0 Å². The van der Waals surface area contributed by atoms with E-state index in [-0.39, 0.29) is 43.3 Å². The largest absolute Gasteiger partial charge is 0.483 e. The van der Waals surface area contributed by atoms with Crippen molar-refractivity contribution in [2.45, 2.75) is 40.2 Å². The molecule has 1 heterocycles. The molecule has 0 aliphatic carbocycles. The summed E-state index contributed by atoms with van der Waals surface area (Å²) in [6.45, 7) is 7.47. The van der Waals surface area contributed by atoms with Crippen LogP contribution in [0.1, 0.15) is 30.0 Å². The first-order valence-electron chi connectivity index (χ1n) is 10.3. The quantitative estimate of drug-likeness (QED) is 0.801. The Morgan fingerprint density at radius 1 is 1.16 bits per heavy atom. The number of rotatable bonds is 5. The van der Waals surface area contributed by atoms with E-state index in [0.717, 1.165) is 16.7 Å². The Balaban J connectivity index is 1.68. The van der Waals surface area contributed by atoms with Crippen LogP contribution in [-0.2, 0) is 14.4 Å². The van der Waals surface area contributed by atoms with E-state index in [1.54, 1.807) is 30.1 Å². The zero-order valence-electron chi connectivity index (χ0n) is 18.7. The summed E-state index contributed by atoms with van der Waals surface area (Å²) in [6.07, 6.45) is 0.188. The maximum atomic E-state index is 13.1. The van der Waals surface area contributed by atoms with Gasteiger partial charge in [0.05, 0.1) is 17.9 Å². The van der Waals surface area contributed by atoms with Gasteiger partial charge in [-0.1, -0.05) is 29.8 Å². The summed E-state index contributed by atoms with van der Waals surface area (Å²) < 4.78 is 5.77. The van der Waals surface area contributed by atoms with Crippen molar-refractivity contribution < 1.29 is 19.1 Å². The Morgan fingerprint density at radius 2 is 1.81 bits per heavy atom. The third kappa shape index (κ3) is 5.05. The molecule has 0 bridgehead atoms. The molecular weight excluding hydrogens is 394 g/mol. The van der Waals surface area contributed by atoms with Gasteiger partial charge in [0.15, 0.2) is 6.61 Å². The Hall–Kier alpha value is -3.35. The van der Waals surface area contributed by atoms with Crippen LogP contribution in [0.2, 0.25) is 0 Å². The highest BCUT2D eigenvalue weighted by molar-refractivity contribution is 6.05. The maximum Gasteiger partial charge on any atom is 0.260 e. The van der Waals surface area contributed by atoms with Crippen LogP contribution >= 0.6 is 0 Å². The number of fused-ring (bicyclic) bond motifs is 1. The summed E-state index contributed by atoms with van der Waals surface area (Å²) in [5.41, 5.74) is 4.30. The molecule has 0 fully saturated rings. The second-order valence-corrected chi connectivity index (χ2v) is 8.15. The Morgan fingerprint density at radius 3 is 2.48 bits per heavy atom. The average Bonchev–Trinajstić information content (AvgIpc) is 2.80. The summed E-state index contributed by atoms with van der Waals surface area (Å²) in [4.78, 5) is 40.8. The molecule has 7 nitrogen and oxygen atoms in total. The fourth-order valence-electron chi connectivity index (χ4n) is 3.97. The van der Waals surface area contributed by atoms with Crippen LogP contribution in [0.4, 0.5) is 11.4 Å². The number of hydrogen-bond donors (Lipinski definition) is 1. The number of carbonyl (C=O) groups is 3. The number of likely N-dealkylation sites (N-methyl/N-ethyl adjacent to an activating group) is 1. The smallest absolute Gasteiger partial charge is 0.260 e. The van der Waals surface area contributed by atoms with Gasteiger partial charge in [0.1, 0.15) is 5.75 Å². The van der Waals surface area contributed by atoms with Crippen molar-refractivity contribution in [2.75, 3.05) is 30.4 Å². The Labute approximate surface area is 183 Å². The lowest BCUT2D eigenvalue weighted by Crippen LogP contribution is -2.46. The van der Waals surface area contributed by atoms with Gasteiger partial charge in [0, 0.05) is 19.5 Å². The fourth-order valence-corrected chi connectivity index (χ4v) is 3.97. The number of benzene rings is 2. The highest BCUT2D eigenvalue weighted by Gasteiger charge is 2.30. The van der Waals surface area contributed by atoms with Gasteiger partial charge in [-0.05, 0) is 51.0 Å². The minimum Gasteiger partial charge on any atom is -0.483 e. The first kappa shape index (κ1) is 22.3. The average molecular weight is 424 g/mol. The third-order valence-corrected chi connectivity index (χ3v) is 5.37. The molecule has 31 heavy (non-hydrogen) atoms. The first-order chi connectivity index (χ1) is 14.7. The zero-order chi connectivity index (χ0) is 22.7. The van der Waals surface area contributed by atoms with Gasteiger partial charge in [-0.3, -0.25) is 14.4 Å². The van der Waals surface area contributed by atoms with Crippen molar-refractivity contribution in [3.63, 3.8) is 0 Å². The van der Waals surface area contributed by atoms with E-state index in [1.807, 2.05) is 45.9 Å². The van der Waals surface area contributed by atoms with E-state index >= 15 is 0 Å². The Bertz CT molecular complexity index is 995. The van der Waals surface area contributed by atoms with E-state index in [9.17, 15) is 14.4 Å². The molecule has 0 saturated carbocycles. The van der Waals surface area contributed by atoms with Gasteiger partial charge in [0.25, 0.3) is 5.91 Å². The highest BCUT2D eigenvalue weighted by Crippen LogP contribution is 2.31. The van der Waals surface area contributed by atoms with Gasteiger partial charge in [-0.15, -0.1) is 0 Å². The molecule has 0 unspecified atom stereocenters. The normalized spacial score (nSPS) is 15.6. The molecule has 164 valence electrons. The van der Waals surface area contributed by atoms with Crippen LogP contribution in [0.25, 0.3) is 0 Å². The van der Waals surface area contributed by atoms with Crippen LogP contribution in [0, 0.1) is 20.8 Å². The van der Waals surface area contributed by atoms with Crippen molar-refractivity contribution in [1.82, 2.24) is 4.90 Å². The molecule has 2 aromatic carbocycles. The second kappa shape index (κ2) is 9.20. The maximum absolute atomic E-state index is 13.1. The Kier molecular flexibility index (Phi) is 6.63. The van der Waals surface area contributed by atoms with Gasteiger partial charge < -0.3 is 19.9 Å². The number of ether oxygens (including phenoxy) is 1. The molecule has 2 aromatic rings. The van der Waals surface area contributed by atoms with Gasteiger partial charge in [-0.25, -0.2) is 0 Å². The summed E-state index contributed by atoms with van der Waals surface area (Å²) in [6, 6.07) is 10.9. The molecule has 3 amide bonds. The van der Waals surface area contributed by atoms with Crippen LogP contribution in [0.3, 0.4) is 0 Å². The molecule has 0 radical (unpaired) electrons. The number of amides is 3. The lowest BCUT2D eigenvalue weighted by molar-refractivity contribution is -0.135. The van der Waals surface area contributed by atoms with Crippen LogP contribution in [0.5, 0.6) is 5.75 Å². The molecule has 7 heteroatoms. The minimum atomic E-state index is -0.325. The summed E-state index contributed by atoms with van der Waals surface area (Å²) in [7, 11) is 1.58. The molecule has 3 rings (SSSR count). The fraction of sp³-hybridized carbons (Fsp3) is 0.375. The molecule has 1 aliphatic heterocycles.